The summed E-state index contributed by atoms with van der Waals surface area (Å²) in [4.78, 5) is 48.6. The topological polar surface area (TPSA) is 114 Å². The van der Waals surface area contributed by atoms with E-state index >= 15 is 0 Å². The van der Waals surface area contributed by atoms with Gasteiger partial charge >= 0.3 is 17.8 Å². The van der Waals surface area contributed by atoms with Gasteiger partial charge in [0.25, 0.3) is 5.91 Å². The number of carbonyl (C=O) groups is 4. The highest BCUT2D eigenvalue weighted by Gasteiger charge is 2.36. The molecule has 0 aromatic heterocycles. The smallest absolute Gasteiger partial charge is 0.331 e. The number of nitrogens with zero attached hydrogens (tertiary/aromatic N) is 1. The molecule has 0 bridgehead atoms. The van der Waals surface area contributed by atoms with E-state index in [2.05, 4.69) is 5.32 Å². The quantitative estimate of drug-likeness (QED) is 0.381. The van der Waals surface area contributed by atoms with Crippen LogP contribution in [0.25, 0.3) is 0 Å². The summed E-state index contributed by atoms with van der Waals surface area (Å²) in [5, 5.41) is 4.71. The molecule has 0 unspecified atom stereocenters. The third-order valence-corrected chi connectivity index (χ3v) is 5.16. The lowest BCUT2D eigenvalue weighted by Crippen LogP contribution is -2.30. The minimum Gasteiger partial charge on any atom is -0.496 e. The molecule has 0 radical (unpaired) electrons. The Labute approximate surface area is 199 Å². The van der Waals surface area contributed by atoms with Gasteiger partial charge in [-0.15, -0.1) is 0 Å². The molecule has 0 atom stereocenters. The van der Waals surface area contributed by atoms with E-state index in [4.69, 9.17) is 9.47 Å². The van der Waals surface area contributed by atoms with Crippen LogP contribution in [0.2, 0.25) is 0 Å². The van der Waals surface area contributed by atoms with Crippen LogP contribution < -0.4 is 20.1 Å². The molecule has 1 saturated heterocycles. The lowest BCUT2D eigenvalue weighted by molar-refractivity contribution is -0.140. The SMILES string of the molecule is COc1ccc(CN2C(=O)NC(=O)C2=O)cc1C(=O)NCc1ccc(Oc2cccc(F)c2)cc1. The molecular formula is C25H20FN3O6. The van der Waals surface area contributed by atoms with Crippen LogP contribution in [0.15, 0.2) is 66.7 Å². The van der Waals surface area contributed by atoms with E-state index in [1.807, 2.05) is 5.32 Å². The molecule has 4 rings (SSSR count). The summed E-state index contributed by atoms with van der Waals surface area (Å²) in [7, 11) is 1.42. The molecule has 3 aromatic rings. The average Bonchev–Trinajstić information content (AvgIpc) is 3.09. The average molecular weight is 477 g/mol. The second-order valence-electron chi connectivity index (χ2n) is 7.57. The molecule has 1 heterocycles. The van der Waals surface area contributed by atoms with Crippen molar-refractivity contribution in [3.05, 3.63) is 89.2 Å². The number of hydrogen-bond donors (Lipinski definition) is 2. The molecule has 1 fully saturated rings. The zero-order chi connectivity index (χ0) is 24.9. The van der Waals surface area contributed by atoms with Crippen molar-refractivity contribution >= 4 is 23.8 Å². The normalized spacial score (nSPS) is 13.0. The van der Waals surface area contributed by atoms with Crippen LogP contribution in [0, 0.1) is 5.82 Å². The minimum absolute atomic E-state index is 0.173. The van der Waals surface area contributed by atoms with Gasteiger partial charge in [-0.05, 0) is 47.5 Å². The first-order valence-corrected chi connectivity index (χ1v) is 10.5. The van der Waals surface area contributed by atoms with E-state index in [9.17, 15) is 23.6 Å². The number of carbonyl (C=O) groups excluding carboxylic acids is 4. The molecule has 0 aliphatic carbocycles. The van der Waals surface area contributed by atoms with Crippen LogP contribution >= 0.6 is 0 Å². The lowest BCUT2D eigenvalue weighted by atomic mass is 10.1. The van der Waals surface area contributed by atoms with E-state index in [1.54, 1.807) is 48.5 Å². The zero-order valence-corrected chi connectivity index (χ0v) is 18.5. The summed E-state index contributed by atoms with van der Waals surface area (Å²) < 4.78 is 24.2. The number of benzene rings is 3. The number of halogens is 1. The fourth-order valence-corrected chi connectivity index (χ4v) is 3.41. The van der Waals surface area contributed by atoms with Gasteiger partial charge in [0.2, 0.25) is 0 Å². The van der Waals surface area contributed by atoms with E-state index in [1.165, 1.54) is 25.3 Å². The van der Waals surface area contributed by atoms with Gasteiger partial charge in [0.15, 0.2) is 0 Å². The second-order valence-corrected chi connectivity index (χ2v) is 7.57. The number of imide groups is 2. The molecule has 178 valence electrons. The van der Waals surface area contributed by atoms with Crippen molar-refractivity contribution in [2.24, 2.45) is 0 Å². The van der Waals surface area contributed by atoms with Crippen LogP contribution in [0.4, 0.5) is 9.18 Å². The maximum absolute atomic E-state index is 13.3. The monoisotopic (exact) mass is 477 g/mol. The Balaban J connectivity index is 1.41. The fraction of sp³-hybridized carbons (Fsp3) is 0.120. The van der Waals surface area contributed by atoms with Crippen LogP contribution in [0.3, 0.4) is 0 Å². The maximum atomic E-state index is 13.3. The molecule has 10 heteroatoms. The molecule has 3 aromatic carbocycles. The maximum Gasteiger partial charge on any atom is 0.331 e. The Hall–Kier alpha value is -4.73. The zero-order valence-electron chi connectivity index (χ0n) is 18.5. The van der Waals surface area contributed by atoms with Crippen molar-refractivity contribution < 1.29 is 33.0 Å². The van der Waals surface area contributed by atoms with Crippen LogP contribution in [0.1, 0.15) is 21.5 Å². The van der Waals surface area contributed by atoms with Gasteiger partial charge in [0.1, 0.15) is 23.1 Å². The summed E-state index contributed by atoms with van der Waals surface area (Å²) in [6.07, 6.45) is 0. The van der Waals surface area contributed by atoms with E-state index in [0.29, 0.717) is 22.8 Å². The van der Waals surface area contributed by atoms with Crippen molar-refractivity contribution in [3.8, 4) is 17.2 Å². The van der Waals surface area contributed by atoms with Gasteiger partial charge < -0.3 is 14.8 Å². The Bertz CT molecular complexity index is 1310. The minimum atomic E-state index is -0.992. The van der Waals surface area contributed by atoms with Gasteiger partial charge in [-0.25, -0.2) is 9.18 Å². The number of amides is 5. The van der Waals surface area contributed by atoms with Crippen molar-refractivity contribution in [3.63, 3.8) is 0 Å². The third kappa shape index (κ3) is 5.44. The predicted octanol–water partition coefficient (Wildman–Crippen LogP) is 3.14. The molecule has 1 aliphatic heterocycles. The predicted molar refractivity (Wildman–Crippen MR) is 121 cm³/mol. The fourth-order valence-electron chi connectivity index (χ4n) is 3.41. The molecule has 0 spiro atoms. The van der Waals surface area contributed by atoms with E-state index < -0.39 is 29.6 Å². The number of methoxy groups -OCH3 is 1. The van der Waals surface area contributed by atoms with Crippen molar-refractivity contribution in [2.75, 3.05) is 7.11 Å². The molecule has 1 aliphatic rings. The van der Waals surface area contributed by atoms with Crippen molar-refractivity contribution in [2.45, 2.75) is 13.1 Å². The Kier molecular flexibility index (Phi) is 6.72. The summed E-state index contributed by atoms with van der Waals surface area (Å²) in [6.45, 7) is 0.0292. The van der Waals surface area contributed by atoms with E-state index in [-0.39, 0.29) is 18.7 Å². The van der Waals surface area contributed by atoms with Crippen molar-refractivity contribution in [1.29, 1.82) is 0 Å². The summed E-state index contributed by atoms with van der Waals surface area (Å²) >= 11 is 0. The van der Waals surface area contributed by atoms with Gasteiger partial charge in [-0.1, -0.05) is 24.3 Å². The van der Waals surface area contributed by atoms with Crippen molar-refractivity contribution in [1.82, 2.24) is 15.5 Å². The first-order chi connectivity index (χ1) is 16.8. The number of hydrogen-bond acceptors (Lipinski definition) is 6. The van der Waals surface area contributed by atoms with Gasteiger partial charge in [-0.3, -0.25) is 24.6 Å². The highest BCUT2D eigenvalue weighted by molar-refractivity contribution is 6.44. The number of ether oxygens (including phenoxy) is 2. The third-order valence-electron chi connectivity index (χ3n) is 5.16. The number of urea groups is 1. The summed E-state index contributed by atoms with van der Waals surface area (Å²) in [6, 6.07) is 16.5. The highest BCUT2D eigenvalue weighted by Crippen LogP contribution is 2.23. The van der Waals surface area contributed by atoms with Gasteiger partial charge in [0, 0.05) is 12.6 Å². The van der Waals surface area contributed by atoms with E-state index in [0.717, 1.165) is 10.5 Å². The Morgan fingerprint density at radius 2 is 1.71 bits per heavy atom. The Morgan fingerprint density at radius 1 is 0.971 bits per heavy atom. The molecule has 5 amide bonds. The first kappa shape index (κ1) is 23.4. The molecule has 9 nitrogen and oxygen atoms in total. The molecule has 2 N–H and O–H groups in total. The van der Waals surface area contributed by atoms with Gasteiger partial charge in [0.05, 0.1) is 19.2 Å². The Morgan fingerprint density at radius 3 is 2.37 bits per heavy atom. The van der Waals surface area contributed by atoms with Crippen LogP contribution in [0.5, 0.6) is 17.2 Å². The molecule has 35 heavy (non-hydrogen) atoms. The summed E-state index contributed by atoms with van der Waals surface area (Å²) in [5.74, 6) is -1.59. The molecular weight excluding hydrogens is 457 g/mol. The largest absolute Gasteiger partial charge is 0.496 e. The summed E-state index contributed by atoms with van der Waals surface area (Å²) in [5.41, 5.74) is 1.46. The van der Waals surface area contributed by atoms with Crippen LogP contribution in [-0.4, -0.2) is 35.8 Å². The standard InChI is InChI=1S/C25H20FN3O6/c1-34-21-10-7-16(14-29-24(32)23(31)28-25(29)33)11-20(21)22(30)27-13-15-5-8-18(9-6-15)35-19-4-2-3-17(26)12-19/h2-12H,13-14H2,1H3,(H,27,30)(H,28,31,33). The highest BCUT2D eigenvalue weighted by atomic mass is 19.1. The molecule has 0 saturated carbocycles. The van der Waals surface area contributed by atoms with Gasteiger partial charge in [-0.2, -0.15) is 0 Å². The lowest BCUT2D eigenvalue weighted by Gasteiger charge is -2.14. The second kappa shape index (κ2) is 10.0. The first-order valence-electron chi connectivity index (χ1n) is 10.5. The van der Waals surface area contributed by atoms with Crippen LogP contribution in [-0.2, 0) is 22.7 Å². The number of rotatable bonds is 8. The number of nitrogens with one attached hydrogen (secondary N) is 2.